The Balaban J connectivity index is 2.25. The molecular weight excluding hydrogens is 490 g/mol. The Morgan fingerprint density at radius 3 is 2.30 bits per heavy atom. The second-order valence-electron chi connectivity index (χ2n) is 9.37. The molecule has 0 radical (unpaired) electrons. The SMILES string of the molecule is CCCNC(=O)[C@@H](CC)N(Cc1cccc(OC)c1)C(=O)CCCN(c1cc(C)cc(C)c1)S(C)(=O)=O. The zero-order valence-electron chi connectivity index (χ0n) is 22.9. The monoisotopic (exact) mass is 531 g/mol. The second kappa shape index (κ2) is 14.0. The molecule has 2 aromatic rings. The lowest BCUT2D eigenvalue weighted by atomic mass is 10.1. The van der Waals surface area contributed by atoms with Gasteiger partial charge in [-0.2, -0.15) is 0 Å². The topological polar surface area (TPSA) is 96.0 Å². The van der Waals surface area contributed by atoms with E-state index in [0.717, 1.165) is 23.1 Å². The number of nitrogens with zero attached hydrogens (tertiary/aromatic N) is 2. The molecule has 0 bridgehead atoms. The van der Waals surface area contributed by atoms with Crippen molar-refractivity contribution in [3.05, 3.63) is 59.2 Å². The molecule has 8 nitrogen and oxygen atoms in total. The number of amides is 2. The van der Waals surface area contributed by atoms with Crippen molar-refractivity contribution < 1.29 is 22.7 Å². The van der Waals surface area contributed by atoms with Crippen LogP contribution in [0.5, 0.6) is 5.75 Å². The molecule has 0 saturated heterocycles. The average Bonchev–Trinajstić information content (AvgIpc) is 2.83. The summed E-state index contributed by atoms with van der Waals surface area (Å²) in [5.74, 6) is 0.286. The Kier molecular flexibility index (Phi) is 11.4. The van der Waals surface area contributed by atoms with Gasteiger partial charge < -0.3 is 15.0 Å². The molecule has 0 fully saturated rings. The van der Waals surface area contributed by atoms with E-state index in [1.54, 1.807) is 12.0 Å². The fraction of sp³-hybridized carbons (Fsp3) is 0.500. The summed E-state index contributed by atoms with van der Waals surface area (Å²) in [5.41, 5.74) is 3.37. The summed E-state index contributed by atoms with van der Waals surface area (Å²) in [5, 5.41) is 2.91. The van der Waals surface area contributed by atoms with Crippen LogP contribution in [0.15, 0.2) is 42.5 Å². The fourth-order valence-corrected chi connectivity index (χ4v) is 5.30. The van der Waals surface area contributed by atoms with Gasteiger partial charge in [0.05, 0.1) is 19.1 Å². The molecule has 204 valence electrons. The highest BCUT2D eigenvalue weighted by Crippen LogP contribution is 2.23. The van der Waals surface area contributed by atoms with Crippen molar-refractivity contribution >= 4 is 27.5 Å². The van der Waals surface area contributed by atoms with Crippen LogP contribution < -0.4 is 14.4 Å². The van der Waals surface area contributed by atoms with E-state index in [2.05, 4.69) is 5.32 Å². The van der Waals surface area contributed by atoms with Crippen molar-refractivity contribution in [3.63, 3.8) is 0 Å². The van der Waals surface area contributed by atoms with Crippen molar-refractivity contribution in [1.29, 1.82) is 0 Å². The van der Waals surface area contributed by atoms with Gasteiger partial charge in [0, 0.05) is 26.1 Å². The lowest BCUT2D eigenvalue weighted by molar-refractivity contribution is -0.141. The molecule has 0 aromatic heterocycles. The molecule has 0 unspecified atom stereocenters. The quantitative estimate of drug-likeness (QED) is 0.394. The largest absolute Gasteiger partial charge is 0.497 e. The normalized spacial score (nSPS) is 12.1. The first-order valence-corrected chi connectivity index (χ1v) is 14.6. The highest BCUT2D eigenvalue weighted by atomic mass is 32.2. The van der Waals surface area contributed by atoms with Crippen molar-refractivity contribution in [2.24, 2.45) is 0 Å². The molecule has 2 rings (SSSR count). The van der Waals surface area contributed by atoms with E-state index in [4.69, 9.17) is 4.74 Å². The lowest BCUT2D eigenvalue weighted by Crippen LogP contribution is -2.49. The summed E-state index contributed by atoms with van der Waals surface area (Å²) in [6.07, 6.45) is 2.86. The smallest absolute Gasteiger partial charge is 0.242 e. The maximum absolute atomic E-state index is 13.5. The van der Waals surface area contributed by atoms with Crippen LogP contribution in [0.25, 0.3) is 0 Å². The van der Waals surface area contributed by atoms with Gasteiger partial charge in [0.15, 0.2) is 0 Å². The maximum Gasteiger partial charge on any atom is 0.242 e. The van der Waals surface area contributed by atoms with Gasteiger partial charge in [-0.05, 0) is 74.1 Å². The molecule has 0 aliphatic carbocycles. The minimum atomic E-state index is -3.54. The van der Waals surface area contributed by atoms with Crippen LogP contribution in [-0.4, -0.2) is 57.6 Å². The van der Waals surface area contributed by atoms with E-state index in [9.17, 15) is 18.0 Å². The Bertz CT molecular complexity index is 1150. The maximum atomic E-state index is 13.5. The summed E-state index contributed by atoms with van der Waals surface area (Å²) in [4.78, 5) is 28.0. The molecular formula is C28H41N3O5S. The summed E-state index contributed by atoms with van der Waals surface area (Å²) >= 11 is 0. The van der Waals surface area contributed by atoms with Gasteiger partial charge in [-0.1, -0.05) is 32.0 Å². The highest BCUT2D eigenvalue weighted by molar-refractivity contribution is 7.92. The van der Waals surface area contributed by atoms with Crippen LogP contribution in [-0.2, 0) is 26.2 Å². The van der Waals surface area contributed by atoms with Gasteiger partial charge in [-0.15, -0.1) is 0 Å². The molecule has 0 heterocycles. The number of carbonyl (C=O) groups is 2. The third-order valence-electron chi connectivity index (χ3n) is 6.07. The third-order valence-corrected chi connectivity index (χ3v) is 7.26. The minimum absolute atomic E-state index is 0.109. The first-order valence-electron chi connectivity index (χ1n) is 12.8. The number of anilines is 1. The molecule has 1 N–H and O–H groups in total. The van der Waals surface area contributed by atoms with E-state index in [-0.39, 0.29) is 31.3 Å². The molecule has 9 heteroatoms. The lowest BCUT2D eigenvalue weighted by Gasteiger charge is -2.31. The summed E-state index contributed by atoms with van der Waals surface area (Å²) < 4.78 is 31.8. The van der Waals surface area contributed by atoms with E-state index in [1.165, 1.54) is 10.6 Å². The zero-order valence-corrected chi connectivity index (χ0v) is 23.7. The van der Waals surface area contributed by atoms with Crippen LogP contribution in [0.2, 0.25) is 0 Å². The van der Waals surface area contributed by atoms with Gasteiger partial charge in [0.1, 0.15) is 11.8 Å². The number of methoxy groups -OCH3 is 1. The number of rotatable bonds is 14. The van der Waals surface area contributed by atoms with Gasteiger partial charge in [0.25, 0.3) is 0 Å². The molecule has 0 aliphatic rings. The van der Waals surface area contributed by atoms with Crippen molar-refractivity contribution in [1.82, 2.24) is 10.2 Å². The highest BCUT2D eigenvalue weighted by Gasteiger charge is 2.28. The number of nitrogens with one attached hydrogen (secondary N) is 1. The zero-order chi connectivity index (χ0) is 27.6. The molecule has 2 amide bonds. The predicted octanol–water partition coefficient (Wildman–Crippen LogP) is 4.19. The number of carbonyl (C=O) groups excluding carboxylic acids is 2. The van der Waals surface area contributed by atoms with E-state index in [0.29, 0.717) is 30.8 Å². The fourth-order valence-electron chi connectivity index (χ4n) is 4.35. The molecule has 2 aromatic carbocycles. The number of sulfonamides is 1. The predicted molar refractivity (Wildman–Crippen MR) is 148 cm³/mol. The standard InChI is InChI=1S/C28H41N3O5S/c1-7-14-29-28(33)26(8-2)30(20-23-11-9-12-25(19-23)36-5)27(32)13-10-15-31(37(6,34)35)24-17-21(3)16-22(4)18-24/h9,11-12,16-19,26H,7-8,10,13-15,20H2,1-6H3,(H,29,33)/t26-/m1/s1. The first-order chi connectivity index (χ1) is 17.5. The Morgan fingerprint density at radius 1 is 1.05 bits per heavy atom. The van der Waals surface area contributed by atoms with E-state index < -0.39 is 16.1 Å². The Labute approximate surface area is 222 Å². The van der Waals surface area contributed by atoms with Crippen LogP contribution in [0.3, 0.4) is 0 Å². The third kappa shape index (κ3) is 9.07. The number of hydrogen-bond donors (Lipinski definition) is 1. The second-order valence-corrected chi connectivity index (χ2v) is 11.3. The Morgan fingerprint density at radius 2 is 1.73 bits per heavy atom. The first kappa shape index (κ1) is 30.2. The molecule has 0 spiro atoms. The summed E-state index contributed by atoms with van der Waals surface area (Å²) in [6.45, 7) is 8.66. The van der Waals surface area contributed by atoms with Crippen molar-refractivity contribution in [3.8, 4) is 5.75 Å². The Hall–Kier alpha value is -3.07. The van der Waals surface area contributed by atoms with Crippen LogP contribution in [0, 0.1) is 13.8 Å². The van der Waals surface area contributed by atoms with Crippen molar-refractivity contribution in [2.45, 2.75) is 66.0 Å². The molecule has 0 aliphatic heterocycles. The van der Waals surface area contributed by atoms with Crippen LogP contribution in [0.1, 0.15) is 56.2 Å². The van der Waals surface area contributed by atoms with Crippen LogP contribution >= 0.6 is 0 Å². The number of ether oxygens (including phenoxy) is 1. The van der Waals surface area contributed by atoms with E-state index in [1.807, 2.05) is 70.2 Å². The van der Waals surface area contributed by atoms with Crippen LogP contribution in [0.4, 0.5) is 5.69 Å². The van der Waals surface area contributed by atoms with Gasteiger partial charge in [-0.3, -0.25) is 13.9 Å². The minimum Gasteiger partial charge on any atom is -0.497 e. The number of benzene rings is 2. The van der Waals surface area contributed by atoms with E-state index >= 15 is 0 Å². The average molecular weight is 532 g/mol. The number of aryl methyl sites for hydroxylation is 2. The van der Waals surface area contributed by atoms with Gasteiger partial charge in [-0.25, -0.2) is 8.42 Å². The van der Waals surface area contributed by atoms with Crippen molar-refractivity contribution in [2.75, 3.05) is 30.8 Å². The molecule has 37 heavy (non-hydrogen) atoms. The number of hydrogen-bond acceptors (Lipinski definition) is 5. The van der Waals surface area contributed by atoms with Gasteiger partial charge in [0.2, 0.25) is 21.8 Å². The summed E-state index contributed by atoms with van der Waals surface area (Å²) in [6, 6.07) is 12.4. The summed E-state index contributed by atoms with van der Waals surface area (Å²) in [7, 11) is -1.96. The molecule has 0 saturated carbocycles. The van der Waals surface area contributed by atoms with Gasteiger partial charge >= 0.3 is 0 Å². The molecule has 1 atom stereocenters.